The number of amides is 2. The van der Waals surface area contributed by atoms with Gasteiger partial charge in [-0.2, -0.15) is 0 Å². The summed E-state index contributed by atoms with van der Waals surface area (Å²) in [7, 11) is 0. The van der Waals surface area contributed by atoms with Gasteiger partial charge >= 0.3 is 6.09 Å². The fourth-order valence-corrected chi connectivity index (χ4v) is 3.51. The van der Waals surface area contributed by atoms with E-state index in [1.165, 1.54) is 11.3 Å². The van der Waals surface area contributed by atoms with Crippen molar-refractivity contribution in [3.63, 3.8) is 0 Å². The van der Waals surface area contributed by atoms with Crippen LogP contribution < -0.4 is 5.32 Å². The molecule has 108 valence electrons. The highest BCUT2D eigenvalue weighted by Crippen LogP contribution is 2.33. The zero-order chi connectivity index (χ0) is 14.5. The van der Waals surface area contributed by atoms with Crippen LogP contribution in [-0.4, -0.2) is 47.1 Å². The Kier molecular flexibility index (Phi) is 2.79. The summed E-state index contributed by atoms with van der Waals surface area (Å²) < 4.78 is 5.22. The van der Waals surface area contributed by atoms with Gasteiger partial charge in [-0.25, -0.2) is 9.78 Å². The monoisotopic (exact) mass is 295 g/mol. The molecule has 1 spiro atoms. The van der Waals surface area contributed by atoms with Gasteiger partial charge < -0.3 is 15.0 Å². The second-order valence-electron chi connectivity index (χ2n) is 6.37. The van der Waals surface area contributed by atoms with Crippen molar-refractivity contribution in [2.75, 3.05) is 19.6 Å². The molecule has 2 fully saturated rings. The molecule has 0 atom stereocenters. The first-order valence-corrected chi connectivity index (χ1v) is 7.39. The van der Waals surface area contributed by atoms with E-state index in [2.05, 4.69) is 10.3 Å². The predicted molar refractivity (Wildman–Crippen MR) is 73.9 cm³/mol. The molecule has 1 aromatic rings. The van der Waals surface area contributed by atoms with E-state index in [-0.39, 0.29) is 11.3 Å². The van der Waals surface area contributed by atoms with Crippen molar-refractivity contribution < 1.29 is 14.3 Å². The second-order valence-corrected chi connectivity index (χ2v) is 7.22. The maximum absolute atomic E-state index is 12.5. The molecule has 0 bridgehead atoms. The van der Waals surface area contributed by atoms with Gasteiger partial charge in [-0.3, -0.25) is 4.79 Å². The fraction of sp³-hybridized carbons (Fsp3) is 0.615. The Morgan fingerprint density at radius 1 is 1.50 bits per heavy atom. The predicted octanol–water partition coefficient (Wildman–Crippen LogP) is 1.38. The summed E-state index contributed by atoms with van der Waals surface area (Å²) in [6.45, 7) is 7.50. The molecular weight excluding hydrogens is 278 g/mol. The molecule has 2 aliphatic rings. The van der Waals surface area contributed by atoms with Gasteiger partial charge in [0.05, 0.1) is 30.8 Å². The van der Waals surface area contributed by atoms with Crippen LogP contribution in [0.1, 0.15) is 36.1 Å². The lowest BCUT2D eigenvalue weighted by Gasteiger charge is -2.45. The Hall–Kier alpha value is -1.63. The average Bonchev–Trinajstić information content (AvgIpc) is 2.91. The molecule has 6 nitrogen and oxygen atoms in total. The van der Waals surface area contributed by atoms with Gasteiger partial charge in [0.1, 0.15) is 4.88 Å². The number of nitrogens with one attached hydrogen (secondary N) is 1. The fourth-order valence-electron chi connectivity index (χ4n) is 2.55. The van der Waals surface area contributed by atoms with E-state index < -0.39 is 11.7 Å². The van der Waals surface area contributed by atoms with E-state index in [1.54, 1.807) is 10.4 Å². The zero-order valence-corrected chi connectivity index (χ0v) is 12.5. The zero-order valence-electron chi connectivity index (χ0n) is 11.7. The summed E-state index contributed by atoms with van der Waals surface area (Å²) in [4.78, 5) is 30.3. The van der Waals surface area contributed by atoms with E-state index in [1.807, 2.05) is 20.8 Å². The maximum Gasteiger partial charge on any atom is 0.408 e. The number of aromatic nitrogens is 1. The van der Waals surface area contributed by atoms with Crippen LogP contribution in [0.2, 0.25) is 0 Å². The van der Waals surface area contributed by atoms with Crippen molar-refractivity contribution in [3.05, 3.63) is 16.1 Å². The highest BCUT2D eigenvalue weighted by molar-refractivity contribution is 7.11. The van der Waals surface area contributed by atoms with Gasteiger partial charge in [0.25, 0.3) is 5.91 Å². The Morgan fingerprint density at radius 3 is 2.75 bits per heavy atom. The second kappa shape index (κ2) is 4.18. The lowest BCUT2D eigenvalue weighted by Crippen LogP contribution is -2.65. The summed E-state index contributed by atoms with van der Waals surface area (Å²) in [5.74, 6) is -0.0222. The van der Waals surface area contributed by atoms with Crippen molar-refractivity contribution in [3.8, 4) is 0 Å². The summed E-state index contributed by atoms with van der Waals surface area (Å²) in [6, 6.07) is 0. The Morgan fingerprint density at radius 2 is 2.20 bits per heavy atom. The van der Waals surface area contributed by atoms with Gasteiger partial charge in [0, 0.05) is 5.41 Å². The molecule has 1 aromatic heterocycles. The topological polar surface area (TPSA) is 71.5 Å². The van der Waals surface area contributed by atoms with Crippen LogP contribution in [0, 0.1) is 0 Å². The van der Waals surface area contributed by atoms with Crippen molar-refractivity contribution >= 4 is 23.3 Å². The largest absolute Gasteiger partial charge is 0.437 e. The van der Waals surface area contributed by atoms with Gasteiger partial charge in [-0.15, -0.1) is 11.3 Å². The van der Waals surface area contributed by atoms with Crippen LogP contribution >= 0.6 is 11.3 Å². The van der Waals surface area contributed by atoms with Gasteiger partial charge in [0.2, 0.25) is 0 Å². The lowest BCUT2D eigenvalue weighted by atomic mass is 9.90. The normalized spacial score (nSPS) is 20.6. The first-order valence-electron chi connectivity index (χ1n) is 6.51. The molecule has 0 aromatic carbocycles. The molecule has 0 unspecified atom stereocenters. The lowest BCUT2D eigenvalue weighted by molar-refractivity contribution is -0.0574. The minimum Gasteiger partial charge on any atom is -0.437 e. The Balaban J connectivity index is 1.73. The maximum atomic E-state index is 12.5. The highest BCUT2D eigenvalue weighted by atomic mass is 32.1. The molecular formula is C13H17N3O3S. The van der Waals surface area contributed by atoms with Crippen molar-refractivity contribution in [2.24, 2.45) is 0 Å². The van der Waals surface area contributed by atoms with Crippen LogP contribution in [0.3, 0.4) is 0 Å². The average molecular weight is 295 g/mol. The first kappa shape index (κ1) is 13.4. The number of nitrogens with zero attached hydrogens (tertiary/aromatic N) is 2. The highest BCUT2D eigenvalue weighted by Gasteiger charge is 2.52. The number of alkyl carbamates (subject to hydrolysis) is 1. The molecule has 2 saturated heterocycles. The van der Waals surface area contributed by atoms with Gasteiger partial charge in [-0.05, 0) is 0 Å². The summed E-state index contributed by atoms with van der Waals surface area (Å²) in [5.41, 5.74) is 1.87. The van der Waals surface area contributed by atoms with E-state index in [4.69, 9.17) is 4.74 Å². The minimum atomic E-state index is -0.515. The van der Waals surface area contributed by atoms with Crippen molar-refractivity contribution in [1.82, 2.24) is 15.2 Å². The van der Waals surface area contributed by atoms with Crippen molar-refractivity contribution in [1.29, 1.82) is 0 Å². The van der Waals surface area contributed by atoms with Crippen LogP contribution in [-0.2, 0) is 10.2 Å². The molecule has 7 heteroatoms. The third kappa shape index (κ3) is 2.06. The van der Waals surface area contributed by atoms with Crippen LogP contribution in [0.15, 0.2) is 5.51 Å². The Labute approximate surface area is 121 Å². The standard InChI is InChI=1S/C13H17N3O3S/c1-12(2,3)9-8(20-7-15-9)10(17)16-5-13(6-16)4-14-11(18)19-13/h7H,4-6H2,1-3H3,(H,14,18). The molecule has 3 heterocycles. The number of carbonyl (C=O) groups excluding carboxylic acids is 2. The van der Waals surface area contributed by atoms with Gasteiger partial charge in [-0.1, -0.05) is 20.8 Å². The summed E-state index contributed by atoms with van der Waals surface area (Å²) >= 11 is 1.37. The van der Waals surface area contributed by atoms with E-state index in [0.29, 0.717) is 24.5 Å². The van der Waals surface area contributed by atoms with Crippen LogP contribution in [0.4, 0.5) is 4.79 Å². The molecule has 0 saturated carbocycles. The molecule has 0 radical (unpaired) electrons. The molecule has 0 aliphatic carbocycles. The van der Waals surface area contributed by atoms with E-state index >= 15 is 0 Å². The van der Waals surface area contributed by atoms with Gasteiger partial charge in [0.15, 0.2) is 5.60 Å². The van der Waals surface area contributed by atoms with Crippen molar-refractivity contribution in [2.45, 2.75) is 31.8 Å². The Bertz CT molecular complexity index is 570. The minimum absolute atomic E-state index is 0.0222. The summed E-state index contributed by atoms with van der Waals surface area (Å²) in [5, 5.41) is 2.63. The molecule has 1 N–H and O–H groups in total. The number of hydrogen-bond acceptors (Lipinski definition) is 5. The smallest absolute Gasteiger partial charge is 0.408 e. The number of likely N-dealkylation sites (tertiary alicyclic amines) is 1. The van der Waals surface area contributed by atoms with E-state index in [0.717, 1.165) is 5.69 Å². The van der Waals surface area contributed by atoms with E-state index in [9.17, 15) is 9.59 Å². The number of ether oxygens (including phenoxy) is 1. The first-order chi connectivity index (χ1) is 9.31. The molecule has 3 rings (SSSR count). The molecule has 2 amide bonds. The quantitative estimate of drug-likeness (QED) is 0.849. The molecule has 2 aliphatic heterocycles. The third-order valence-electron chi connectivity index (χ3n) is 3.58. The molecule has 20 heavy (non-hydrogen) atoms. The van der Waals surface area contributed by atoms with Crippen LogP contribution in [0.25, 0.3) is 0 Å². The number of hydrogen-bond donors (Lipinski definition) is 1. The summed E-state index contributed by atoms with van der Waals surface area (Å²) in [6.07, 6.45) is -0.398. The van der Waals surface area contributed by atoms with Crippen LogP contribution in [0.5, 0.6) is 0 Å². The SMILES string of the molecule is CC(C)(C)c1ncsc1C(=O)N1CC2(CNC(=O)O2)C1. The number of thiazole rings is 1. The number of carbonyl (C=O) groups is 2. The third-order valence-corrected chi connectivity index (χ3v) is 4.40. The number of rotatable bonds is 1.